The van der Waals surface area contributed by atoms with Gasteiger partial charge in [-0.25, -0.2) is 0 Å². The summed E-state index contributed by atoms with van der Waals surface area (Å²) in [5.74, 6) is 3.67. The van der Waals surface area contributed by atoms with E-state index in [0.29, 0.717) is 18.1 Å². The van der Waals surface area contributed by atoms with Gasteiger partial charge in [-0.2, -0.15) is 0 Å². The van der Waals surface area contributed by atoms with E-state index < -0.39 is 0 Å². The Morgan fingerprint density at radius 1 is 1.03 bits per heavy atom. The number of fused-ring (bicyclic) bond motifs is 2. The number of carbonyl (C=O) groups is 1. The molecule has 0 bridgehead atoms. The summed E-state index contributed by atoms with van der Waals surface area (Å²) in [6.45, 7) is 4.56. The SMILES string of the molecule is COc1cc2c(cc1OC)C(=O)N([C@@H]1CCCN(CCCOc3ccc4c(c3)OCO4)C1)CC2. The summed E-state index contributed by atoms with van der Waals surface area (Å²) in [4.78, 5) is 17.9. The van der Waals surface area contributed by atoms with Crippen molar-refractivity contribution in [3.05, 3.63) is 41.5 Å². The molecule has 8 heteroatoms. The van der Waals surface area contributed by atoms with E-state index in [-0.39, 0.29) is 18.7 Å². The highest BCUT2D eigenvalue weighted by atomic mass is 16.7. The molecule has 1 saturated heterocycles. The van der Waals surface area contributed by atoms with Gasteiger partial charge in [0, 0.05) is 37.3 Å². The molecule has 0 spiro atoms. The third kappa shape index (κ3) is 4.59. The van der Waals surface area contributed by atoms with Gasteiger partial charge in [-0.1, -0.05) is 0 Å². The van der Waals surface area contributed by atoms with Crippen LogP contribution in [0.3, 0.4) is 0 Å². The third-order valence-electron chi connectivity index (χ3n) is 6.88. The molecule has 0 N–H and O–H groups in total. The number of carbonyl (C=O) groups excluding carboxylic acids is 1. The van der Waals surface area contributed by atoms with Crippen LogP contribution in [-0.4, -0.2) is 75.5 Å². The minimum atomic E-state index is 0.0974. The molecule has 0 saturated carbocycles. The molecule has 0 aliphatic carbocycles. The first-order valence-electron chi connectivity index (χ1n) is 12.0. The van der Waals surface area contributed by atoms with Crippen molar-refractivity contribution in [2.24, 2.45) is 0 Å². The highest BCUT2D eigenvalue weighted by Crippen LogP contribution is 2.36. The Kier molecular flexibility index (Phi) is 6.67. The molecule has 0 unspecified atom stereocenters. The summed E-state index contributed by atoms with van der Waals surface area (Å²) in [5, 5.41) is 0. The number of methoxy groups -OCH3 is 2. The molecular weight excluding hydrogens is 436 g/mol. The van der Waals surface area contributed by atoms with Gasteiger partial charge < -0.3 is 33.5 Å². The Hall–Kier alpha value is -3.13. The van der Waals surface area contributed by atoms with E-state index in [1.807, 2.05) is 30.3 Å². The van der Waals surface area contributed by atoms with Crippen LogP contribution in [-0.2, 0) is 6.42 Å². The number of amides is 1. The lowest BCUT2D eigenvalue weighted by atomic mass is 9.94. The molecule has 8 nitrogen and oxygen atoms in total. The summed E-state index contributed by atoms with van der Waals surface area (Å²) in [6.07, 6.45) is 3.89. The second kappa shape index (κ2) is 10.0. The summed E-state index contributed by atoms with van der Waals surface area (Å²) < 4.78 is 27.5. The molecule has 1 amide bonds. The normalized spacial score (nSPS) is 19.6. The molecule has 34 heavy (non-hydrogen) atoms. The number of nitrogens with zero attached hydrogens (tertiary/aromatic N) is 2. The van der Waals surface area contributed by atoms with Gasteiger partial charge in [-0.15, -0.1) is 0 Å². The molecule has 3 aliphatic heterocycles. The van der Waals surface area contributed by atoms with Gasteiger partial charge in [0.15, 0.2) is 23.0 Å². The van der Waals surface area contributed by atoms with Gasteiger partial charge in [0.2, 0.25) is 6.79 Å². The second-order valence-corrected chi connectivity index (χ2v) is 8.93. The topological polar surface area (TPSA) is 69.7 Å². The Morgan fingerprint density at radius 2 is 1.85 bits per heavy atom. The zero-order valence-electron chi connectivity index (χ0n) is 19.9. The quantitative estimate of drug-likeness (QED) is 0.550. The van der Waals surface area contributed by atoms with E-state index >= 15 is 0 Å². The standard InChI is InChI=1S/C26H32N2O6/c1-30-23-13-18-8-11-28(26(29)21(18)15-24(23)31-2)19-5-3-9-27(16-19)10-4-12-32-20-6-7-22-25(14-20)34-17-33-22/h6-7,13-15,19H,3-5,8-12,16-17H2,1-2H3/t19-/m1/s1. The molecule has 2 aromatic carbocycles. The van der Waals surface area contributed by atoms with Crippen LogP contribution >= 0.6 is 0 Å². The first kappa shape index (κ1) is 22.7. The van der Waals surface area contributed by atoms with E-state index in [1.54, 1.807) is 14.2 Å². The summed E-state index contributed by atoms with van der Waals surface area (Å²) in [7, 11) is 3.22. The molecule has 182 valence electrons. The zero-order chi connectivity index (χ0) is 23.5. The molecule has 2 aromatic rings. The number of benzene rings is 2. The van der Waals surface area contributed by atoms with Crippen LogP contribution in [0.5, 0.6) is 28.7 Å². The average molecular weight is 469 g/mol. The van der Waals surface area contributed by atoms with Crippen LogP contribution in [0, 0.1) is 0 Å². The number of piperidine rings is 1. The van der Waals surface area contributed by atoms with Crippen LogP contribution in [0.4, 0.5) is 0 Å². The van der Waals surface area contributed by atoms with Crippen LogP contribution in [0.15, 0.2) is 30.3 Å². The molecular formula is C26H32N2O6. The number of hydrogen-bond donors (Lipinski definition) is 0. The summed E-state index contributed by atoms with van der Waals surface area (Å²) in [6, 6.07) is 9.68. The fourth-order valence-electron chi connectivity index (χ4n) is 5.11. The predicted octanol–water partition coefficient (Wildman–Crippen LogP) is 3.36. The smallest absolute Gasteiger partial charge is 0.254 e. The molecule has 1 atom stereocenters. The minimum Gasteiger partial charge on any atom is -0.493 e. The Labute approximate surface area is 200 Å². The second-order valence-electron chi connectivity index (χ2n) is 8.93. The first-order valence-corrected chi connectivity index (χ1v) is 12.0. The number of ether oxygens (including phenoxy) is 5. The van der Waals surface area contributed by atoms with Gasteiger partial charge in [-0.3, -0.25) is 4.79 Å². The van der Waals surface area contributed by atoms with Gasteiger partial charge in [-0.05, 0) is 62.1 Å². The van der Waals surface area contributed by atoms with E-state index in [2.05, 4.69) is 9.80 Å². The van der Waals surface area contributed by atoms with Crippen molar-refractivity contribution in [3.8, 4) is 28.7 Å². The van der Waals surface area contributed by atoms with Crippen LogP contribution in [0.25, 0.3) is 0 Å². The average Bonchev–Trinajstić information content (AvgIpc) is 3.34. The molecule has 3 aliphatic rings. The Balaban J connectivity index is 1.14. The monoisotopic (exact) mass is 468 g/mol. The van der Waals surface area contributed by atoms with E-state index in [4.69, 9.17) is 23.7 Å². The third-order valence-corrected chi connectivity index (χ3v) is 6.88. The van der Waals surface area contributed by atoms with Gasteiger partial charge in [0.05, 0.1) is 20.8 Å². The van der Waals surface area contributed by atoms with Gasteiger partial charge in [0.1, 0.15) is 5.75 Å². The minimum absolute atomic E-state index is 0.0974. The van der Waals surface area contributed by atoms with Crippen molar-refractivity contribution in [1.29, 1.82) is 0 Å². The molecule has 5 rings (SSSR count). The van der Waals surface area contributed by atoms with Crippen molar-refractivity contribution in [2.75, 3.05) is 53.8 Å². The summed E-state index contributed by atoms with van der Waals surface area (Å²) in [5.41, 5.74) is 1.77. The zero-order valence-corrected chi connectivity index (χ0v) is 19.9. The van der Waals surface area contributed by atoms with Crippen molar-refractivity contribution < 1.29 is 28.5 Å². The maximum absolute atomic E-state index is 13.4. The lowest BCUT2D eigenvalue weighted by Crippen LogP contribution is -2.52. The van der Waals surface area contributed by atoms with Crippen molar-refractivity contribution >= 4 is 5.91 Å². The highest BCUT2D eigenvalue weighted by molar-refractivity contribution is 5.97. The fraction of sp³-hybridized carbons (Fsp3) is 0.500. The largest absolute Gasteiger partial charge is 0.493 e. The predicted molar refractivity (Wildman–Crippen MR) is 126 cm³/mol. The molecule has 3 heterocycles. The Bertz CT molecular complexity index is 1040. The van der Waals surface area contributed by atoms with Crippen molar-refractivity contribution in [1.82, 2.24) is 9.80 Å². The lowest BCUT2D eigenvalue weighted by molar-refractivity contribution is 0.0517. The van der Waals surface area contributed by atoms with Gasteiger partial charge >= 0.3 is 0 Å². The Morgan fingerprint density at radius 3 is 2.71 bits per heavy atom. The van der Waals surface area contributed by atoms with E-state index in [9.17, 15) is 4.79 Å². The lowest BCUT2D eigenvalue weighted by Gasteiger charge is -2.41. The van der Waals surface area contributed by atoms with Crippen molar-refractivity contribution in [3.63, 3.8) is 0 Å². The van der Waals surface area contributed by atoms with Gasteiger partial charge in [0.25, 0.3) is 5.91 Å². The number of hydrogen-bond acceptors (Lipinski definition) is 7. The van der Waals surface area contributed by atoms with Crippen LogP contribution < -0.4 is 23.7 Å². The maximum atomic E-state index is 13.4. The molecule has 0 aromatic heterocycles. The van der Waals surface area contributed by atoms with E-state index in [0.717, 1.165) is 80.2 Å². The van der Waals surface area contributed by atoms with Crippen LogP contribution in [0.1, 0.15) is 35.2 Å². The number of likely N-dealkylation sites (tertiary alicyclic amines) is 1. The fourth-order valence-corrected chi connectivity index (χ4v) is 5.11. The van der Waals surface area contributed by atoms with Crippen molar-refractivity contribution in [2.45, 2.75) is 31.7 Å². The first-order chi connectivity index (χ1) is 16.7. The maximum Gasteiger partial charge on any atom is 0.254 e. The number of rotatable bonds is 8. The highest BCUT2D eigenvalue weighted by Gasteiger charge is 2.33. The molecule has 0 radical (unpaired) electrons. The van der Waals surface area contributed by atoms with E-state index in [1.165, 1.54) is 0 Å². The van der Waals surface area contributed by atoms with Crippen LogP contribution in [0.2, 0.25) is 0 Å². The molecule has 1 fully saturated rings. The summed E-state index contributed by atoms with van der Waals surface area (Å²) >= 11 is 0.